The predicted molar refractivity (Wildman–Crippen MR) is 87.6 cm³/mol. The van der Waals surface area contributed by atoms with Crippen molar-refractivity contribution >= 4 is 23.2 Å². The van der Waals surface area contributed by atoms with Gasteiger partial charge in [-0.25, -0.2) is 0 Å². The molecule has 6 heteroatoms. The van der Waals surface area contributed by atoms with E-state index in [4.69, 9.17) is 16.3 Å². The van der Waals surface area contributed by atoms with Crippen LogP contribution in [-0.4, -0.2) is 49.6 Å². The molecule has 2 fully saturated rings. The van der Waals surface area contributed by atoms with E-state index >= 15 is 0 Å². The molecule has 2 heterocycles. The Hall–Kier alpha value is -1.30. The molecule has 3 rings (SSSR count). The highest BCUT2D eigenvalue weighted by molar-refractivity contribution is 6.31. The van der Waals surface area contributed by atoms with E-state index in [1.165, 1.54) is 12.8 Å². The topological polar surface area (TPSA) is 53.6 Å². The van der Waals surface area contributed by atoms with Crippen molar-refractivity contribution in [2.75, 3.05) is 32.1 Å². The Bertz CT molecular complexity index is 552. The van der Waals surface area contributed by atoms with Crippen LogP contribution in [0.5, 0.6) is 5.75 Å². The number of ether oxygens (including phenoxy) is 1. The zero-order valence-electron chi connectivity index (χ0n) is 12.8. The van der Waals surface area contributed by atoms with Crippen LogP contribution in [0.15, 0.2) is 18.2 Å². The highest BCUT2D eigenvalue weighted by Crippen LogP contribution is 2.27. The summed E-state index contributed by atoms with van der Waals surface area (Å²) in [6.07, 6.45) is 3.60. The molecular formula is C16H22ClN3O2. The number of halogens is 1. The Morgan fingerprint density at radius 1 is 1.41 bits per heavy atom. The third kappa shape index (κ3) is 3.72. The van der Waals surface area contributed by atoms with Crippen LogP contribution in [0.2, 0.25) is 5.02 Å². The summed E-state index contributed by atoms with van der Waals surface area (Å²) in [7, 11) is 1.58. The highest BCUT2D eigenvalue weighted by atomic mass is 35.5. The molecule has 0 aliphatic carbocycles. The van der Waals surface area contributed by atoms with E-state index < -0.39 is 0 Å². The van der Waals surface area contributed by atoms with Gasteiger partial charge in [0.05, 0.1) is 19.3 Å². The molecule has 1 aromatic rings. The van der Waals surface area contributed by atoms with Crippen molar-refractivity contribution in [3.05, 3.63) is 23.2 Å². The zero-order valence-corrected chi connectivity index (χ0v) is 13.5. The van der Waals surface area contributed by atoms with E-state index in [2.05, 4.69) is 15.5 Å². The number of likely N-dealkylation sites (tertiary alicyclic amines) is 1. The molecule has 2 saturated heterocycles. The van der Waals surface area contributed by atoms with E-state index in [0.717, 1.165) is 19.5 Å². The maximum absolute atomic E-state index is 12.3. The van der Waals surface area contributed by atoms with Crippen LogP contribution in [0, 0.1) is 0 Å². The molecule has 1 amide bonds. The number of hydrogen-bond acceptors (Lipinski definition) is 4. The molecule has 2 N–H and O–H groups in total. The number of benzene rings is 1. The first kappa shape index (κ1) is 15.6. The lowest BCUT2D eigenvalue weighted by Gasteiger charge is -2.23. The average Bonchev–Trinajstić information content (AvgIpc) is 2.82. The second-order valence-electron chi connectivity index (χ2n) is 6.05. The third-order valence-electron chi connectivity index (χ3n) is 4.41. The largest absolute Gasteiger partial charge is 0.495 e. The normalized spacial score (nSPS) is 24.8. The average molecular weight is 324 g/mol. The SMILES string of the molecule is COc1ccc(Cl)cc1NC(=O)CN1CCC2CCC(C1)N2. The van der Waals surface area contributed by atoms with Gasteiger partial charge in [0.15, 0.2) is 0 Å². The van der Waals surface area contributed by atoms with Gasteiger partial charge in [-0.15, -0.1) is 0 Å². The van der Waals surface area contributed by atoms with Crippen molar-refractivity contribution in [3.63, 3.8) is 0 Å². The van der Waals surface area contributed by atoms with E-state index in [9.17, 15) is 4.79 Å². The second kappa shape index (κ2) is 6.86. The lowest BCUT2D eigenvalue weighted by atomic mass is 10.1. The maximum Gasteiger partial charge on any atom is 0.238 e. The molecule has 2 atom stereocenters. The highest BCUT2D eigenvalue weighted by Gasteiger charge is 2.29. The van der Waals surface area contributed by atoms with Gasteiger partial charge in [-0.3, -0.25) is 9.69 Å². The van der Waals surface area contributed by atoms with Gasteiger partial charge in [-0.1, -0.05) is 11.6 Å². The Balaban J connectivity index is 1.59. The van der Waals surface area contributed by atoms with E-state index in [-0.39, 0.29) is 5.91 Å². The zero-order chi connectivity index (χ0) is 15.5. The summed E-state index contributed by atoms with van der Waals surface area (Å²) in [5, 5.41) is 7.10. The lowest BCUT2D eigenvalue weighted by molar-refractivity contribution is -0.117. The molecule has 1 aromatic carbocycles. The summed E-state index contributed by atoms with van der Waals surface area (Å²) in [6, 6.07) is 6.37. The van der Waals surface area contributed by atoms with Crippen LogP contribution < -0.4 is 15.4 Å². The van der Waals surface area contributed by atoms with Crippen molar-refractivity contribution < 1.29 is 9.53 Å². The fourth-order valence-electron chi connectivity index (χ4n) is 3.33. The third-order valence-corrected chi connectivity index (χ3v) is 4.65. The van der Waals surface area contributed by atoms with Crippen molar-refractivity contribution in [2.45, 2.75) is 31.3 Å². The molecule has 0 saturated carbocycles. The molecule has 0 radical (unpaired) electrons. The molecule has 0 aromatic heterocycles. The number of rotatable bonds is 4. The van der Waals surface area contributed by atoms with Crippen LogP contribution in [0.4, 0.5) is 5.69 Å². The van der Waals surface area contributed by atoms with E-state index in [1.54, 1.807) is 25.3 Å². The predicted octanol–water partition coefficient (Wildman–Crippen LogP) is 2.11. The molecule has 2 bridgehead atoms. The standard InChI is InChI=1S/C16H22ClN3O2/c1-22-15-5-2-11(17)8-14(15)19-16(21)10-20-7-6-12-3-4-13(9-20)18-12/h2,5,8,12-13,18H,3-4,6-7,9-10H2,1H3,(H,19,21). The number of hydrogen-bond donors (Lipinski definition) is 2. The van der Waals surface area contributed by atoms with Gasteiger partial charge in [0.1, 0.15) is 5.75 Å². The Labute approximate surface area is 136 Å². The maximum atomic E-state index is 12.3. The van der Waals surface area contributed by atoms with Gasteiger partial charge >= 0.3 is 0 Å². The van der Waals surface area contributed by atoms with E-state index in [0.29, 0.717) is 35.1 Å². The minimum atomic E-state index is -0.0293. The minimum absolute atomic E-state index is 0.0293. The first-order valence-corrected chi connectivity index (χ1v) is 8.13. The van der Waals surface area contributed by atoms with Gasteiger partial charge in [-0.2, -0.15) is 0 Å². The lowest BCUT2D eigenvalue weighted by Crippen LogP contribution is -2.39. The number of nitrogens with one attached hydrogen (secondary N) is 2. The summed E-state index contributed by atoms with van der Waals surface area (Å²) in [4.78, 5) is 14.5. The molecule has 5 nitrogen and oxygen atoms in total. The number of methoxy groups -OCH3 is 1. The van der Waals surface area contributed by atoms with Gasteiger partial charge in [0.25, 0.3) is 0 Å². The molecule has 22 heavy (non-hydrogen) atoms. The quantitative estimate of drug-likeness (QED) is 0.891. The molecule has 2 aliphatic rings. The Morgan fingerprint density at radius 3 is 3.05 bits per heavy atom. The second-order valence-corrected chi connectivity index (χ2v) is 6.49. The van der Waals surface area contributed by atoms with Crippen molar-refractivity contribution in [2.24, 2.45) is 0 Å². The number of carbonyl (C=O) groups is 1. The van der Waals surface area contributed by atoms with Crippen LogP contribution in [0.3, 0.4) is 0 Å². The van der Waals surface area contributed by atoms with Crippen molar-refractivity contribution in [1.29, 1.82) is 0 Å². The van der Waals surface area contributed by atoms with Crippen LogP contribution in [0.1, 0.15) is 19.3 Å². The summed E-state index contributed by atoms with van der Waals surface area (Å²) < 4.78 is 5.25. The molecule has 2 unspecified atom stereocenters. The summed E-state index contributed by atoms with van der Waals surface area (Å²) in [6.45, 7) is 2.31. The molecule has 2 aliphatic heterocycles. The van der Waals surface area contributed by atoms with Crippen molar-refractivity contribution in [1.82, 2.24) is 10.2 Å². The first-order chi connectivity index (χ1) is 10.6. The number of amides is 1. The van der Waals surface area contributed by atoms with Gasteiger partial charge in [-0.05, 0) is 37.5 Å². The number of fused-ring (bicyclic) bond motifs is 2. The number of carbonyl (C=O) groups excluding carboxylic acids is 1. The Kier molecular flexibility index (Phi) is 4.86. The van der Waals surface area contributed by atoms with Crippen LogP contribution in [-0.2, 0) is 4.79 Å². The van der Waals surface area contributed by atoms with Gasteiger partial charge in [0, 0.05) is 30.2 Å². The van der Waals surface area contributed by atoms with Crippen LogP contribution >= 0.6 is 11.6 Å². The molecule has 120 valence electrons. The van der Waals surface area contributed by atoms with Gasteiger partial charge in [0.2, 0.25) is 5.91 Å². The summed E-state index contributed by atoms with van der Waals surface area (Å²) in [5.41, 5.74) is 0.620. The number of anilines is 1. The first-order valence-electron chi connectivity index (χ1n) is 7.76. The minimum Gasteiger partial charge on any atom is -0.495 e. The van der Waals surface area contributed by atoms with Crippen molar-refractivity contribution in [3.8, 4) is 5.75 Å². The Morgan fingerprint density at radius 2 is 2.23 bits per heavy atom. The molecule has 0 spiro atoms. The van der Waals surface area contributed by atoms with E-state index in [1.807, 2.05) is 0 Å². The van der Waals surface area contributed by atoms with Crippen LogP contribution in [0.25, 0.3) is 0 Å². The smallest absolute Gasteiger partial charge is 0.238 e. The van der Waals surface area contributed by atoms with Gasteiger partial charge < -0.3 is 15.4 Å². The fourth-order valence-corrected chi connectivity index (χ4v) is 3.50. The molecular weight excluding hydrogens is 302 g/mol. The fraction of sp³-hybridized carbons (Fsp3) is 0.562. The number of nitrogens with zero attached hydrogens (tertiary/aromatic N) is 1. The summed E-state index contributed by atoms with van der Waals surface area (Å²) >= 11 is 5.99. The monoisotopic (exact) mass is 323 g/mol. The summed E-state index contributed by atoms with van der Waals surface area (Å²) in [5.74, 6) is 0.590.